The zero-order chi connectivity index (χ0) is 23.2. The Hall–Kier alpha value is -3.88. The molecular formula is C24H28N6O3. The number of unbranched alkanes of at least 4 members (excludes halogenated alkanes) is 1. The average Bonchev–Trinajstić information content (AvgIpc) is 3.28. The number of ether oxygens (including phenoxy) is 2. The summed E-state index contributed by atoms with van der Waals surface area (Å²) in [6.07, 6.45) is 2.07. The third-order valence-corrected chi connectivity index (χ3v) is 5.36. The number of tetrazole rings is 1. The van der Waals surface area contributed by atoms with E-state index in [4.69, 9.17) is 9.47 Å². The first-order valence-electron chi connectivity index (χ1n) is 11.1. The number of benzene rings is 2. The molecule has 1 aliphatic rings. The molecule has 3 aromatic rings. The van der Waals surface area contributed by atoms with Crippen molar-refractivity contribution in [2.45, 2.75) is 39.7 Å². The first-order valence-corrected chi connectivity index (χ1v) is 11.1. The van der Waals surface area contributed by atoms with E-state index in [-0.39, 0.29) is 5.91 Å². The highest BCUT2D eigenvalue weighted by Gasteiger charge is 2.34. The number of para-hydroxylation sites is 2. The average molecular weight is 449 g/mol. The smallest absolute Gasteiger partial charge is 0.255 e. The topological polar surface area (TPSA) is 103 Å². The van der Waals surface area contributed by atoms with Gasteiger partial charge < -0.3 is 20.1 Å². The lowest BCUT2D eigenvalue weighted by atomic mass is 9.95. The summed E-state index contributed by atoms with van der Waals surface area (Å²) in [5, 5.41) is 18.1. The molecular weight excluding hydrogens is 420 g/mol. The van der Waals surface area contributed by atoms with Crippen LogP contribution in [0.15, 0.2) is 59.8 Å². The van der Waals surface area contributed by atoms with Crippen LogP contribution in [0, 0.1) is 0 Å². The van der Waals surface area contributed by atoms with Gasteiger partial charge in [0.15, 0.2) is 0 Å². The second-order valence-electron chi connectivity index (χ2n) is 7.67. The van der Waals surface area contributed by atoms with E-state index >= 15 is 0 Å². The Kier molecular flexibility index (Phi) is 6.87. The van der Waals surface area contributed by atoms with Gasteiger partial charge >= 0.3 is 0 Å². The number of hydrogen-bond donors (Lipinski definition) is 2. The Balaban J connectivity index is 1.65. The number of amides is 1. The number of rotatable bonds is 9. The first-order chi connectivity index (χ1) is 16.1. The number of anilines is 2. The summed E-state index contributed by atoms with van der Waals surface area (Å²) < 4.78 is 13.1. The second kappa shape index (κ2) is 10.2. The van der Waals surface area contributed by atoms with Crippen molar-refractivity contribution in [1.29, 1.82) is 0 Å². The molecule has 1 amide bonds. The van der Waals surface area contributed by atoms with E-state index < -0.39 is 6.04 Å². The van der Waals surface area contributed by atoms with Crippen LogP contribution in [0.1, 0.15) is 45.2 Å². The van der Waals surface area contributed by atoms with Crippen molar-refractivity contribution in [3.8, 4) is 11.5 Å². The van der Waals surface area contributed by atoms with E-state index in [2.05, 4.69) is 33.1 Å². The fourth-order valence-electron chi connectivity index (χ4n) is 3.74. The predicted octanol–water partition coefficient (Wildman–Crippen LogP) is 4.18. The summed E-state index contributed by atoms with van der Waals surface area (Å²) in [7, 11) is 0. The number of carbonyl (C=O) groups excluding carboxylic acids is 1. The molecule has 4 rings (SSSR count). The number of allylic oxidation sites excluding steroid dienone is 1. The van der Waals surface area contributed by atoms with Crippen molar-refractivity contribution in [3.63, 3.8) is 0 Å². The maximum absolute atomic E-state index is 13.5. The van der Waals surface area contributed by atoms with Crippen LogP contribution in [0.25, 0.3) is 0 Å². The van der Waals surface area contributed by atoms with Crippen LogP contribution in [0.4, 0.5) is 11.6 Å². The Morgan fingerprint density at radius 2 is 1.91 bits per heavy atom. The van der Waals surface area contributed by atoms with Gasteiger partial charge in [-0.15, -0.1) is 0 Å². The molecule has 0 saturated heterocycles. The minimum atomic E-state index is -0.500. The van der Waals surface area contributed by atoms with Crippen LogP contribution >= 0.6 is 0 Å². The van der Waals surface area contributed by atoms with Gasteiger partial charge in [-0.3, -0.25) is 4.79 Å². The molecule has 9 heteroatoms. The Morgan fingerprint density at radius 1 is 1.12 bits per heavy atom. The van der Waals surface area contributed by atoms with Gasteiger partial charge in [-0.2, -0.15) is 4.68 Å². The molecule has 0 spiro atoms. The largest absolute Gasteiger partial charge is 0.494 e. The van der Waals surface area contributed by atoms with Gasteiger partial charge in [0.2, 0.25) is 5.95 Å². The molecule has 0 aliphatic carbocycles. The van der Waals surface area contributed by atoms with E-state index in [1.165, 1.54) is 0 Å². The quantitative estimate of drug-likeness (QED) is 0.473. The van der Waals surface area contributed by atoms with Gasteiger partial charge in [0.1, 0.15) is 17.5 Å². The van der Waals surface area contributed by atoms with E-state index in [1.807, 2.05) is 62.4 Å². The molecule has 0 bridgehead atoms. The molecule has 9 nitrogen and oxygen atoms in total. The van der Waals surface area contributed by atoms with Crippen LogP contribution < -0.4 is 20.1 Å². The van der Waals surface area contributed by atoms with Crippen LogP contribution in [0.5, 0.6) is 11.5 Å². The lowest BCUT2D eigenvalue weighted by Gasteiger charge is -2.28. The fourth-order valence-corrected chi connectivity index (χ4v) is 3.74. The maximum atomic E-state index is 13.5. The Labute approximate surface area is 192 Å². The molecule has 172 valence electrons. The minimum Gasteiger partial charge on any atom is -0.494 e. The lowest BCUT2D eigenvalue weighted by Crippen LogP contribution is -2.31. The summed E-state index contributed by atoms with van der Waals surface area (Å²) >= 11 is 0. The highest BCUT2D eigenvalue weighted by Crippen LogP contribution is 2.36. The molecule has 2 heterocycles. The fraction of sp³-hybridized carbons (Fsp3) is 0.333. The van der Waals surface area contributed by atoms with E-state index in [9.17, 15) is 4.79 Å². The summed E-state index contributed by atoms with van der Waals surface area (Å²) in [6, 6.07) is 14.6. The molecule has 2 N–H and O–H groups in total. The van der Waals surface area contributed by atoms with Gasteiger partial charge in [0.05, 0.1) is 24.5 Å². The van der Waals surface area contributed by atoms with E-state index in [0.717, 1.165) is 24.2 Å². The Bertz CT molecular complexity index is 1140. The number of nitrogens with zero attached hydrogens (tertiary/aromatic N) is 4. The Morgan fingerprint density at radius 3 is 2.67 bits per heavy atom. The van der Waals surface area contributed by atoms with Crippen molar-refractivity contribution < 1.29 is 14.3 Å². The van der Waals surface area contributed by atoms with Gasteiger partial charge in [0, 0.05) is 5.70 Å². The molecule has 1 unspecified atom stereocenters. The summed E-state index contributed by atoms with van der Waals surface area (Å²) in [6.45, 7) is 7.05. The summed E-state index contributed by atoms with van der Waals surface area (Å²) in [5.41, 5.74) is 2.67. The van der Waals surface area contributed by atoms with E-state index in [1.54, 1.807) is 4.68 Å². The SMILES string of the molecule is CCCCOc1ccc(C2C(C(=O)Nc3ccccc3OCC)=C(C)Nc3nnnn32)cc1. The monoisotopic (exact) mass is 448 g/mol. The van der Waals surface area contributed by atoms with Crippen LogP contribution in [-0.2, 0) is 4.79 Å². The third kappa shape index (κ3) is 4.82. The molecule has 1 aromatic heterocycles. The normalized spacial score (nSPS) is 14.9. The molecule has 0 radical (unpaired) electrons. The van der Waals surface area contributed by atoms with Crippen LogP contribution in [-0.4, -0.2) is 39.3 Å². The number of hydrogen-bond acceptors (Lipinski definition) is 7. The van der Waals surface area contributed by atoms with Gasteiger partial charge in [0.25, 0.3) is 5.91 Å². The van der Waals surface area contributed by atoms with Crippen LogP contribution in [0.3, 0.4) is 0 Å². The molecule has 1 atom stereocenters. The molecule has 33 heavy (non-hydrogen) atoms. The zero-order valence-corrected chi connectivity index (χ0v) is 19.0. The summed E-state index contributed by atoms with van der Waals surface area (Å²) in [4.78, 5) is 13.5. The summed E-state index contributed by atoms with van der Waals surface area (Å²) in [5.74, 6) is 1.62. The zero-order valence-electron chi connectivity index (χ0n) is 19.0. The highest BCUT2D eigenvalue weighted by molar-refractivity contribution is 6.06. The predicted molar refractivity (Wildman–Crippen MR) is 125 cm³/mol. The van der Waals surface area contributed by atoms with Crippen molar-refractivity contribution >= 4 is 17.5 Å². The number of aromatic nitrogens is 4. The maximum Gasteiger partial charge on any atom is 0.255 e. The van der Waals surface area contributed by atoms with Crippen molar-refractivity contribution in [2.24, 2.45) is 0 Å². The number of nitrogens with one attached hydrogen (secondary N) is 2. The molecule has 2 aromatic carbocycles. The number of carbonyl (C=O) groups is 1. The minimum absolute atomic E-state index is 0.262. The van der Waals surface area contributed by atoms with Crippen molar-refractivity contribution in [3.05, 3.63) is 65.4 Å². The van der Waals surface area contributed by atoms with E-state index in [0.29, 0.717) is 41.9 Å². The van der Waals surface area contributed by atoms with Crippen LogP contribution in [0.2, 0.25) is 0 Å². The van der Waals surface area contributed by atoms with Gasteiger partial charge in [-0.1, -0.05) is 42.7 Å². The third-order valence-electron chi connectivity index (χ3n) is 5.36. The van der Waals surface area contributed by atoms with Crippen molar-refractivity contribution in [1.82, 2.24) is 20.2 Å². The highest BCUT2D eigenvalue weighted by atomic mass is 16.5. The second-order valence-corrected chi connectivity index (χ2v) is 7.67. The first kappa shape index (κ1) is 22.3. The van der Waals surface area contributed by atoms with Crippen molar-refractivity contribution in [2.75, 3.05) is 23.8 Å². The molecule has 0 fully saturated rings. The molecule has 0 saturated carbocycles. The molecule has 1 aliphatic heterocycles. The lowest BCUT2D eigenvalue weighted by molar-refractivity contribution is -0.113. The number of fused-ring (bicyclic) bond motifs is 1. The standard InChI is InChI=1S/C24H28N6O3/c1-4-6-15-33-18-13-11-17(12-14-18)22-21(16(3)25-24-27-28-29-30(22)24)23(31)26-19-9-7-8-10-20(19)32-5-2/h7-14,22H,4-6,15H2,1-3H3,(H,26,31)(H,25,27,29). The van der Waals surface area contributed by atoms with Gasteiger partial charge in [-0.05, 0) is 60.5 Å². The van der Waals surface area contributed by atoms with Gasteiger partial charge in [-0.25, -0.2) is 0 Å².